The molecule has 1 fully saturated rings. The molecule has 0 saturated carbocycles. The molecule has 4 heterocycles. The number of hydrogen-bond acceptors (Lipinski definition) is 8. The van der Waals surface area contributed by atoms with Gasteiger partial charge in [0.25, 0.3) is 0 Å². The van der Waals surface area contributed by atoms with Gasteiger partial charge in [0.15, 0.2) is 9.84 Å². The van der Waals surface area contributed by atoms with Crippen LogP contribution in [0, 0.1) is 5.82 Å². The Hall–Kier alpha value is -4.65. The number of rotatable bonds is 9. The van der Waals surface area contributed by atoms with Crippen molar-refractivity contribution in [3.63, 3.8) is 0 Å². The average Bonchev–Trinajstić information content (AvgIpc) is 3.66. The SMILES string of the molecule is O=S1(=O)CCC(O)(CNCc2cc(-c3ccc4ncnc(Nc5ccc6c(cnn6Cc6cccc(F)c6)c5)c4c3)c[nH]2)CC1. The Labute approximate surface area is 259 Å². The summed E-state index contributed by atoms with van der Waals surface area (Å²) in [5, 5.41) is 23.8. The first-order valence-corrected chi connectivity index (χ1v) is 16.6. The molecule has 1 saturated heterocycles. The summed E-state index contributed by atoms with van der Waals surface area (Å²) in [6.45, 7) is 1.32. The zero-order valence-electron chi connectivity index (χ0n) is 24.4. The van der Waals surface area contributed by atoms with E-state index < -0.39 is 15.4 Å². The molecule has 0 spiro atoms. The molecule has 3 aromatic heterocycles. The maximum atomic E-state index is 13.7. The van der Waals surface area contributed by atoms with Crippen molar-refractivity contribution >= 4 is 43.1 Å². The average molecular weight is 626 g/mol. The second kappa shape index (κ2) is 11.7. The van der Waals surface area contributed by atoms with Crippen LogP contribution in [-0.2, 0) is 22.9 Å². The van der Waals surface area contributed by atoms with Gasteiger partial charge in [0.05, 0.1) is 40.9 Å². The van der Waals surface area contributed by atoms with Crippen molar-refractivity contribution in [1.29, 1.82) is 0 Å². The normalized spacial score (nSPS) is 15.9. The van der Waals surface area contributed by atoms with Crippen molar-refractivity contribution in [3.05, 3.63) is 103 Å². The zero-order valence-corrected chi connectivity index (χ0v) is 25.2. The third-order valence-corrected chi connectivity index (χ3v) is 10.0. The molecule has 0 aliphatic carbocycles. The van der Waals surface area contributed by atoms with Crippen LogP contribution >= 0.6 is 0 Å². The van der Waals surface area contributed by atoms with Gasteiger partial charge >= 0.3 is 0 Å². The van der Waals surface area contributed by atoms with Crippen molar-refractivity contribution in [2.75, 3.05) is 23.4 Å². The number of anilines is 2. The van der Waals surface area contributed by atoms with Crippen molar-refractivity contribution in [2.45, 2.75) is 31.5 Å². The fourth-order valence-electron chi connectivity index (χ4n) is 5.81. The van der Waals surface area contributed by atoms with Gasteiger partial charge in [-0.25, -0.2) is 22.8 Å². The number of H-pyrrole nitrogens is 1. The smallest absolute Gasteiger partial charge is 0.150 e. The van der Waals surface area contributed by atoms with Gasteiger partial charge in [-0.05, 0) is 78.1 Å². The largest absolute Gasteiger partial charge is 0.388 e. The Kier molecular flexibility index (Phi) is 7.56. The van der Waals surface area contributed by atoms with Crippen LogP contribution in [0.1, 0.15) is 24.1 Å². The summed E-state index contributed by atoms with van der Waals surface area (Å²) < 4.78 is 38.9. The van der Waals surface area contributed by atoms with Crippen LogP contribution in [0.15, 0.2) is 85.5 Å². The predicted octanol–water partition coefficient (Wildman–Crippen LogP) is 4.93. The second-order valence-electron chi connectivity index (χ2n) is 11.7. The molecular weight excluding hydrogens is 593 g/mol. The van der Waals surface area contributed by atoms with Crippen LogP contribution in [-0.4, -0.2) is 61.9 Å². The minimum absolute atomic E-state index is 0.0255. The third kappa shape index (κ3) is 6.44. The van der Waals surface area contributed by atoms with Crippen molar-refractivity contribution in [2.24, 2.45) is 0 Å². The first-order chi connectivity index (χ1) is 21.7. The Bertz CT molecular complexity index is 2110. The Morgan fingerprint density at radius 3 is 2.71 bits per heavy atom. The van der Waals surface area contributed by atoms with Crippen LogP contribution < -0.4 is 10.6 Å². The molecular formula is C33H32FN7O3S. The van der Waals surface area contributed by atoms with Crippen LogP contribution in [0.5, 0.6) is 0 Å². The molecule has 12 heteroatoms. The summed E-state index contributed by atoms with van der Waals surface area (Å²) in [5.74, 6) is 0.460. The van der Waals surface area contributed by atoms with E-state index in [1.807, 2.05) is 47.3 Å². The summed E-state index contributed by atoms with van der Waals surface area (Å²) in [6.07, 6.45) is 5.78. The molecule has 6 aromatic rings. The number of sulfone groups is 1. The minimum atomic E-state index is -3.03. The molecule has 0 radical (unpaired) electrons. The number of halogens is 1. The molecule has 3 aromatic carbocycles. The first-order valence-electron chi connectivity index (χ1n) is 14.8. The zero-order chi connectivity index (χ0) is 31.0. The molecule has 1 aliphatic heterocycles. The van der Waals surface area contributed by atoms with Gasteiger partial charge in [-0.3, -0.25) is 4.68 Å². The van der Waals surface area contributed by atoms with Crippen LogP contribution in [0.3, 0.4) is 0 Å². The summed E-state index contributed by atoms with van der Waals surface area (Å²) in [4.78, 5) is 12.3. The molecule has 1 aliphatic rings. The van der Waals surface area contributed by atoms with E-state index in [1.54, 1.807) is 12.3 Å². The van der Waals surface area contributed by atoms with E-state index in [2.05, 4.69) is 42.8 Å². The van der Waals surface area contributed by atoms with Gasteiger partial charge in [0.1, 0.15) is 18.0 Å². The molecule has 7 rings (SSSR count). The number of nitrogens with zero attached hydrogens (tertiary/aromatic N) is 4. The predicted molar refractivity (Wildman–Crippen MR) is 172 cm³/mol. The van der Waals surface area contributed by atoms with Crippen molar-refractivity contribution in [1.82, 2.24) is 30.0 Å². The second-order valence-corrected chi connectivity index (χ2v) is 14.0. The van der Waals surface area contributed by atoms with Crippen LogP contribution in [0.2, 0.25) is 0 Å². The molecule has 4 N–H and O–H groups in total. The van der Waals surface area contributed by atoms with E-state index in [9.17, 15) is 17.9 Å². The molecule has 0 unspecified atom stereocenters. The fraction of sp³-hybridized carbons (Fsp3) is 0.242. The van der Waals surface area contributed by atoms with E-state index >= 15 is 0 Å². The lowest BCUT2D eigenvalue weighted by Gasteiger charge is -2.32. The van der Waals surface area contributed by atoms with Crippen molar-refractivity contribution < 1.29 is 17.9 Å². The highest BCUT2D eigenvalue weighted by molar-refractivity contribution is 7.91. The Balaban J connectivity index is 1.06. The highest BCUT2D eigenvalue weighted by Crippen LogP contribution is 2.30. The van der Waals surface area contributed by atoms with Gasteiger partial charge < -0.3 is 20.7 Å². The van der Waals surface area contributed by atoms with Crippen LogP contribution in [0.25, 0.3) is 32.9 Å². The summed E-state index contributed by atoms with van der Waals surface area (Å²) in [7, 11) is -3.03. The lowest BCUT2D eigenvalue weighted by atomic mass is 9.97. The first kappa shape index (κ1) is 29.1. The fourth-order valence-corrected chi connectivity index (χ4v) is 7.39. The standard InChI is InChI=1S/C33H32FN7O3S/c34-26-3-1-2-22(12-26)19-41-31-7-5-27(14-25(31)17-39-41)40-32-29-15-23(4-6-30(29)37-21-38-32)24-13-28(36-16-24)18-35-20-33(42)8-10-45(43,44)11-9-33/h1-7,12-17,21,35-36,42H,8-11,18-20H2,(H,37,38,40). The number of aromatic nitrogens is 5. The number of nitrogens with one attached hydrogen (secondary N) is 3. The highest BCUT2D eigenvalue weighted by Gasteiger charge is 2.34. The molecule has 0 bridgehead atoms. The number of aromatic amines is 1. The van der Waals surface area contributed by atoms with E-state index in [0.29, 0.717) is 25.5 Å². The van der Waals surface area contributed by atoms with Gasteiger partial charge in [-0.2, -0.15) is 5.10 Å². The summed E-state index contributed by atoms with van der Waals surface area (Å²) >= 11 is 0. The Morgan fingerprint density at radius 2 is 1.87 bits per heavy atom. The Morgan fingerprint density at radius 1 is 1.00 bits per heavy atom. The van der Waals surface area contributed by atoms with E-state index in [0.717, 1.165) is 49.9 Å². The van der Waals surface area contributed by atoms with Gasteiger partial charge in [-0.1, -0.05) is 18.2 Å². The van der Waals surface area contributed by atoms with Gasteiger partial charge in [-0.15, -0.1) is 0 Å². The molecule has 0 atom stereocenters. The number of benzene rings is 3. The lowest BCUT2D eigenvalue weighted by Crippen LogP contribution is -2.46. The highest BCUT2D eigenvalue weighted by atomic mass is 32.2. The molecule has 45 heavy (non-hydrogen) atoms. The lowest BCUT2D eigenvalue weighted by molar-refractivity contribution is 0.0303. The maximum Gasteiger partial charge on any atom is 0.150 e. The van der Waals surface area contributed by atoms with Gasteiger partial charge in [0.2, 0.25) is 0 Å². The quantitative estimate of drug-likeness (QED) is 0.177. The number of hydrogen-bond donors (Lipinski definition) is 4. The van der Waals surface area contributed by atoms with E-state index in [4.69, 9.17) is 0 Å². The topological polar surface area (TPSA) is 138 Å². The van der Waals surface area contributed by atoms with Crippen molar-refractivity contribution in [3.8, 4) is 11.1 Å². The molecule has 0 amide bonds. The summed E-state index contributed by atoms with van der Waals surface area (Å²) in [6, 6.07) is 20.6. The number of aliphatic hydroxyl groups is 1. The number of fused-ring (bicyclic) bond motifs is 2. The molecule has 230 valence electrons. The maximum absolute atomic E-state index is 13.7. The monoisotopic (exact) mass is 625 g/mol. The van der Waals surface area contributed by atoms with Gasteiger partial charge in [0, 0.05) is 41.4 Å². The third-order valence-electron chi connectivity index (χ3n) is 8.36. The van der Waals surface area contributed by atoms with Crippen LogP contribution in [0.4, 0.5) is 15.9 Å². The minimum Gasteiger partial charge on any atom is -0.388 e. The summed E-state index contributed by atoms with van der Waals surface area (Å²) in [5.41, 5.74) is 5.38. The van der Waals surface area contributed by atoms with E-state index in [1.165, 1.54) is 18.5 Å². The van der Waals surface area contributed by atoms with E-state index in [-0.39, 0.29) is 30.2 Å². The molecule has 10 nitrogen and oxygen atoms in total.